The van der Waals surface area contributed by atoms with Gasteiger partial charge in [-0.25, -0.2) is 0 Å². The van der Waals surface area contributed by atoms with Crippen molar-refractivity contribution in [3.63, 3.8) is 0 Å². The van der Waals surface area contributed by atoms with Crippen LogP contribution in [0.3, 0.4) is 0 Å². The van der Waals surface area contributed by atoms with Crippen LogP contribution in [0.2, 0.25) is 0 Å². The molecule has 1 saturated carbocycles. The van der Waals surface area contributed by atoms with E-state index >= 15 is 0 Å². The van der Waals surface area contributed by atoms with Crippen molar-refractivity contribution in [1.82, 2.24) is 0 Å². The second kappa shape index (κ2) is 12.7. The van der Waals surface area contributed by atoms with Gasteiger partial charge in [0.1, 0.15) is 0 Å². The molecule has 1 fully saturated rings. The van der Waals surface area contributed by atoms with E-state index in [1.165, 1.54) is 103 Å². The Morgan fingerprint density at radius 1 is 0.350 bits per heavy atom. The Bertz CT molecular complexity index is 154. The highest BCUT2D eigenvalue weighted by Crippen LogP contribution is 2.21. The zero-order valence-corrected chi connectivity index (χ0v) is 14.5. The average molecular weight is 281 g/mol. The largest absolute Gasteiger partial charge is 0.0625 e. The first-order valence-electron chi connectivity index (χ1n) is 9.79. The molecule has 1 rings (SSSR count). The molecule has 0 radical (unpaired) electrons. The molecule has 0 bridgehead atoms. The summed E-state index contributed by atoms with van der Waals surface area (Å²) in [5.74, 6) is 1.96. The molecule has 0 saturated heterocycles. The lowest BCUT2D eigenvalue weighted by molar-refractivity contribution is 0.410. The Morgan fingerprint density at radius 3 is 0.800 bits per heavy atom. The quantitative estimate of drug-likeness (QED) is 0.430. The Kier molecular flexibility index (Phi) is 11.5. The fourth-order valence-electron chi connectivity index (χ4n) is 3.67. The van der Waals surface area contributed by atoms with E-state index in [4.69, 9.17) is 0 Å². The molecule has 0 unspecified atom stereocenters. The summed E-state index contributed by atoms with van der Waals surface area (Å²) in [6.07, 6.45) is 23.8. The molecule has 0 aliphatic heterocycles. The molecule has 1 aliphatic rings. The minimum atomic E-state index is 0.981. The summed E-state index contributed by atoms with van der Waals surface area (Å²) in [7, 11) is 0. The third-order valence-electron chi connectivity index (χ3n) is 5.29. The lowest BCUT2D eigenvalue weighted by atomic mass is 9.93. The van der Waals surface area contributed by atoms with E-state index < -0.39 is 0 Å². The van der Waals surface area contributed by atoms with Crippen LogP contribution < -0.4 is 0 Å². The molecule has 0 N–H and O–H groups in total. The van der Waals surface area contributed by atoms with Gasteiger partial charge in [0, 0.05) is 0 Å². The first-order chi connectivity index (χ1) is 9.79. The maximum atomic E-state index is 2.47. The van der Waals surface area contributed by atoms with Gasteiger partial charge in [0.25, 0.3) is 0 Å². The van der Waals surface area contributed by atoms with Gasteiger partial charge in [-0.1, -0.05) is 117 Å². The lowest BCUT2D eigenvalue weighted by Gasteiger charge is -2.13. The lowest BCUT2D eigenvalue weighted by Crippen LogP contribution is -1.97. The SMILES string of the molecule is CC1CCCCCCCCC(C)CCCCCCCC1. The van der Waals surface area contributed by atoms with Crippen LogP contribution in [-0.2, 0) is 0 Å². The van der Waals surface area contributed by atoms with Crippen LogP contribution in [0.25, 0.3) is 0 Å². The molecule has 0 aromatic heterocycles. The molecule has 0 spiro atoms. The van der Waals surface area contributed by atoms with Crippen molar-refractivity contribution in [3.8, 4) is 0 Å². The second-order valence-electron chi connectivity index (χ2n) is 7.61. The van der Waals surface area contributed by atoms with Crippen LogP contribution in [-0.4, -0.2) is 0 Å². The summed E-state index contributed by atoms with van der Waals surface area (Å²) < 4.78 is 0. The van der Waals surface area contributed by atoms with Gasteiger partial charge >= 0.3 is 0 Å². The van der Waals surface area contributed by atoms with E-state index in [0.717, 1.165) is 11.8 Å². The topological polar surface area (TPSA) is 0 Å². The second-order valence-corrected chi connectivity index (χ2v) is 7.61. The summed E-state index contributed by atoms with van der Waals surface area (Å²) in [5, 5.41) is 0. The van der Waals surface area contributed by atoms with Crippen LogP contribution >= 0.6 is 0 Å². The minimum Gasteiger partial charge on any atom is -0.0625 e. The van der Waals surface area contributed by atoms with Crippen molar-refractivity contribution in [2.75, 3.05) is 0 Å². The Hall–Kier alpha value is 0. The smallest absolute Gasteiger partial charge is 0.0443 e. The summed E-state index contributed by atoms with van der Waals surface area (Å²) in [6, 6.07) is 0. The third kappa shape index (κ3) is 10.7. The van der Waals surface area contributed by atoms with E-state index in [9.17, 15) is 0 Å². The summed E-state index contributed by atoms with van der Waals surface area (Å²) in [6.45, 7) is 4.94. The van der Waals surface area contributed by atoms with Gasteiger partial charge in [-0.2, -0.15) is 0 Å². The van der Waals surface area contributed by atoms with Crippen LogP contribution in [0.5, 0.6) is 0 Å². The molecule has 0 heteroatoms. The zero-order chi connectivity index (χ0) is 14.5. The van der Waals surface area contributed by atoms with Gasteiger partial charge in [0.15, 0.2) is 0 Å². The van der Waals surface area contributed by atoms with Gasteiger partial charge in [0.2, 0.25) is 0 Å². The van der Waals surface area contributed by atoms with Crippen LogP contribution in [0.4, 0.5) is 0 Å². The summed E-state index contributed by atoms with van der Waals surface area (Å²) in [4.78, 5) is 0. The summed E-state index contributed by atoms with van der Waals surface area (Å²) in [5.41, 5.74) is 0. The van der Waals surface area contributed by atoms with Crippen LogP contribution in [0, 0.1) is 11.8 Å². The molecular weight excluding hydrogens is 240 g/mol. The maximum absolute atomic E-state index is 2.47. The predicted molar refractivity (Wildman–Crippen MR) is 92.2 cm³/mol. The van der Waals surface area contributed by atoms with E-state index in [1.54, 1.807) is 0 Å². The van der Waals surface area contributed by atoms with Crippen LogP contribution in [0.15, 0.2) is 0 Å². The first kappa shape index (κ1) is 18.1. The molecule has 0 aromatic rings. The van der Waals surface area contributed by atoms with Gasteiger partial charge in [-0.3, -0.25) is 0 Å². The maximum Gasteiger partial charge on any atom is -0.0443 e. The van der Waals surface area contributed by atoms with Crippen molar-refractivity contribution in [2.45, 2.75) is 117 Å². The molecule has 1 aliphatic carbocycles. The Balaban J connectivity index is 2.16. The molecule has 0 atom stereocenters. The van der Waals surface area contributed by atoms with Gasteiger partial charge in [-0.05, 0) is 11.8 Å². The average Bonchev–Trinajstić information content (AvgIpc) is 2.43. The first-order valence-corrected chi connectivity index (χ1v) is 9.79. The number of hydrogen-bond donors (Lipinski definition) is 0. The molecule has 0 aromatic carbocycles. The number of hydrogen-bond acceptors (Lipinski definition) is 0. The van der Waals surface area contributed by atoms with E-state index in [0.29, 0.717) is 0 Å². The highest BCUT2D eigenvalue weighted by Gasteiger charge is 2.04. The molecular formula is C20H40. The Labute approximate surface area is 129 Å². The van der Waals surface area contributed by atoms with Gasteiger partial charge < -0.3 is 0 Å². The molecule has 0 heterocycles. The molecule has 20 heavy (non-hydrogen) atoms. The van der Waals surface area contributed by atoms with Gasteiger partial charge in [-0.15, -0.1) is 0 Å². The zero-order valence-electron chi connectivity index (χ0n) is 14.5. The van der Waals surface area contributed by atoms with Crippen molar-refractivity contribution < 1.29 is 0 Å². The van der Waals surface area contributed by atoms with Crippen LogP contribution in [0.1, 0.15) is 117 Å². The van der Waals surface area contributed by atoms with E-state index in [-0.39, 0.29) is 0 Å². The highest BCUT2D eigenvalue weighted by molar-refractivity contribution is 4.58. The van der Waals surface area contributed by atoms with Crippen molar-refractivity contribution in [2.24, 2.45) is 11.8 Å². The monoisotopic (exact) mass is 280 g/mol. The van der Waals surface area contributed by atoms with Crippen molar-refractivity contribution in [3.05, 3.63) is 0 Å². The van der Waals surface area contributed by atoms with Crippen molar-refractivity contribution in [1.29, 1.82) is 0 Å². The molecule has 0 nitrogen and oxygen atoms in total. The standard InChI is InChI=1S/C20H40/c1-19-15-11-7-3-5-9-13-17-20(2)18-14-10-6-4-8-12-16-19/h19-20H,3-18H2,1-2H3. The van der Waals surface area contributed by atoms with E-state index in [1.807, 2.05) is 0 Å². The molecule has 0 amide bonds. The fraction of sp³-hybridized carbons (Fsp3) is 1.00. The van der Waals surface area contributed by atoms with Crippen molar-refractivity contribution >= 4 is 0 Å². The van der Waals surface area contributed by atoms with E-state index in [2.05, 4.69) is 13.8 Å². The number of rotatable bonds is 0. The Morgan fingerprint density at radius 2 is 0.550 bits per heavy atom. The summed E-state index contributed by atoms with van der Waals surface area (Å²) >= 11 is 0. The molecule has 120 valence electrons. The fourth-order valence-corrected chi connectivity index (χ4v) is 3.67. The minimum absolute atomic E-state index is 0.981. The third-order valence-corrected chi connectivity index (χ3v) is 5.29. The highest BCUT2D eigenvalue weighted by atomic mass is 14.1. The van der Waals surface area contributed by atoms with Gasteiger partial charge in [0.05, 0.1) is 0 Å². The normalized spacial score (nSPS) is 30.3. The predicted octanol–water partition coefficient (Wildman–Crippen LogP) is 7.51.